The Hall–Kier alpha value is -1.31. The van der Waals surface area contributed by atoms with Crippen LogP contribution in [0.2, 0.25) is 5.02 Å². The van der Waals surface area contributed by atoms with E-state index in [0.717, 1.165) is 27.3 Å². The van der Waals surface area contributed by atoms with Crippen molar-refractivity contribution in [3.63, 3.8) is 0 Å². The predicted molar refractivity (Wildman–Crippen MR) is 93.8 cm³/mol. The SMILES string of the molecule is CC(C)C(=O)Cc1ccccc1Cc1c(Cl)cccc1CCl. The van der Waals surface area contributed by atoms with Crippen LogP contribution in [-0.4, -0.2) is 5.78 Å². The van der Waals surface area contributed by atoms with Crippen molar-refractivity contribution in [2.45, 2.75) is 32.6 Å². The van der Waals surface area contributed by atoms with Gasteiger partial charge in [-0.15, -0.1) is 11.6 Å². The summed E-state index contributed by atoms with van der Waals surface area (Å²) in [5.74, 6) is 0.735. The van der Waals surface area contributed by atoms with Crippen molar-refractivity contribution < 1.29 is 4.79 Å². The molecule has 0 atom stereocenters. The smallest absolute Gasteiger partial charge is 0.139 e. The maximum absolute atomic E-state index is 12.1. The summed E-state index contributed by atoms with van der Waals surface area (Å²) in [4.78, 5) is 12.1. The van der Waals surface area contributed by atoms with E-state index in [-0.39, 0.29) is 11.7 Å². The molecule has 0 aromatic heterocycles. The van der Waals surface area contributed by atoms with E-state index < -0.39 is 0 Å². The molecule has 116 valence electrons. The first-order valence-electron chi connectivity index (χ1n) is 7.44. The number of rotatable bonds is 6. The molecule has 0 aliphatic carbocycles. The molecule has 0 fully saturated rings. The minimum absolute atomic E-state index is 0.0479. The fourth-order valence-electron chi connectivity index (χ4n) is 2.41. The minimum Gasteiger partial charge on any atom is -0.299 e. The average molecular weight is 335 g/mol. The first-order valence-corrected chi connectivity index (χ1v) is 8.36. The molecule has 2 aromatic rings. The van der Waals surface area contributed by atoms with Crippen LogP contribution in [0.15, 0.2) is 42.5 Å². The van der Waals surface area contributed by atoms with Crippen LogP contribution in [0, 0.1) is 5.92 Å². The highest BCUT2D eigenvalue weighted by molar-refractivity contribution is 6.31. The second kappa shape index (κ2) is 7.80. The maximum Gasteiger partial charge on any atom is 0.139 e. The number of hydrogen-bond donors (Lipinski definition) is 0. The lowest BCUT2D eigenvalue weighted by Gasteiger charge is -2.14. The molecule has 3 heteroatoms. The van der Waals surface area contributed by atoms with Gasteiger partial charge < -0.3 is 0 Å². The van der Waals surface area contributed by atoms with Gasteiger partial charge in [-0.05, 0) is 34.7 Å². The lowest BCUT2D eigenvalue weighted by Crippen LogP contribution is -2.12. The summed E-state index contributed by atoms with van der Waals surface area (Å²) < 4.78 is 0. The van der Waals surface area contributed by atoms with E-state index >= 15 is 0 Å². The van der Waals surface area contributed by atoms with Gasteiger partial charge in [0, 0.05) is 23.2 Å². The summed E-state index contributed by atoms with van der Waals surface area (Å²) in [6.07, 6.45) is 1.16. The van der Waals surface area contributed by atoms with Gasteiger partial charge in [-0.3, -0.25) is 4.79 Å². The Kier molecular flexibility index (Phi) is 6.05. The van der Waals surface area contributed by atoms with Crippen molar-refractivity contribution in [2.75, 3.05) is 0 Å². The summed E-state index contributed by atoms with van der Waals surface area (Å²) in [5, 5.41) is 0.725. The van der Waals surface area contributed by atoms with Crippen LogP contribution < -0.4 is 0 Å². The standard InChI is InChI=1S/C19H20Cl2O/c1-13(2)19(22)11-15-7-4-3-6-14(15)10-17-16(12-20)8-5-9-18(17)21/h3-9,13H,10-12H2,1-2H3. The van der Waals surface area contributed by atoms with Gasteiger partial charge in [0.05, 0.1) is 0 Å². The van der Waals surface area contributed by atoms with Crippen LogP contribution in [0.5, 0.6) is 0 Å². The molecule has 0 saturated carbocycles. The van der Waals surface area contributed by atoms with E-state index in [1.54, 1.807) is 0 Å². The Balaban J connectivity index is 2.33. The third-order valence-corrected chi connectivity index (χ3v) is 4.50. The van der Waals surface area contributed by atoms with Crippen LogP contribution in [0.1, 0.15) is 36.1 Å². The topological polar surface area (TPSA) is 17.1 Å². The van der Waals surface area contributed by atoms with E-state index in [9.17, 15) is 4.79 Å². The second-order valence-corrected chi connectivity index (χ2v) is 6.43. The molecule has 2 aromatic carbocycles. The van der Waals surface area contributed by atoms with Gasteiger partial charge in [0.1, 0.15) is 5.78 Å². The van der Waals surface area contributed by atoms with E-state index in [0.29, 0.717) is 18.7 Å². The molecule has 0 saturated heterocycles. The predicted octanol–water partition coefficient (Wildman–Crippen LogP) is 5.44. The Bertz CT molecular complexity index is 662. The van der Waals surface area contributed by atoms with Gasteiger partial charge in [-0.25, -0.2) is 0 Å². The molecule has 22 heavy (non-hydrogen) atoms. The first-order chi connectivity index (χ1) is 10.5. The highest BCUT2D eigenvalue weighted by Crippen LogP contribution is 2.26. The van der Waals surface area contributed by atoms with Crippen molar-refractivity contribution in [3.05, 3.63) is 69.7 Å². The first kappa shape index (κ1) is 17.1. The van der Waals surface area contributed by atoms with Crippen LogP contribution in [0.25, 0.3) is 0 Å². The summed E-state index contributed by atoms with van der Waals surface area (Å²) in [6, 6.07) is 13.8. The van der Waals surface area contributed by atoms with Crippen molar-refractivity contribution >= 4 is 29.0 Å². The quantitative estimate of drug-likeness (QED) is 0.643. The molecule has 0 heterocycles. The van der Waals surface area contributed by atoms with Crippen LogP contribution in [0.3, 0.4) is 0 Å². The molecule has 0 spiro atoms. The summed E-state index contributed by atoms with van der Waals surface area (Å²) in [5.41, 5.74) is 4.29. The maximum atomic E-state index is 12.1. The summed E-state index contributed by atoms with van der Waals surface area (Å²) >= 11 is 12.4. The number of carbonyl (C=O) groups is 1. The third kappa shape index (κ3) is 4.12. The highest BCUT2D eigenvalue weighted by atomic mass is 35.5. The zero-order valence-corrected chi connectivity index (χ0v) is 14.4. The zero-order valence-electron chi connectivity index (χ0n) is 12.9. The monoisotopic (exact) mass is 334 g/mol. The molecular weight excluding hydrogens is 315 g/mol. The molecule has 2 rings (SSSR count). The highest BCUT2D eigenvalue weighted by Gasteiger charge is 2.13. The molecule has 0 aliphatic heterocycles. The molecule has 0 radical (unpaired) electrons. The summed E-state index contributed by atoms with van der Waals surface area (Å²) in [7, 11) is 0. The fraction of sp³-hybridized carbons (Fsp3) is 0.316. The second-order valence-electron chi connectivity index (χ2n) is 5.75. The van der Waals surface area contributed by atoms with E-state index in [1.165, 1.54) is 0 Å². The Morgan fingerprint density at radius 1 is 1.00 bits per heavy atom. The Morgan fingerprint density at radius 2 is 1.64 bits per heavy atom. The third-order valence-electron chi connectivity index (χ3n) is 3.85. The number of alkyl halides is 1. The summed E-state index contributed by atoms with van der Waals surface area (Å²) in [6.45, 7) is 3.87. The van der Waals surface area contributed by atoms with E-state index in [4.69, 9.17) is 23.2 Å². The largest absolute Gasteiger partial charge is 0.299 e. The molecule has 0 amide bonds. The molecule has 0 bridgehead atoms. The van der Waals surface area contributed by atoms with Crippen molar-refractivity contribution in [3.8, 4) is 0 Å². The van der Waals surface area contributed by atoms with Gasteiger partial charge in [0.25, 0.3) is 0 Å². The number of Topliss-reactive ketones (excluding diaryl/α,β-unsaturated/α-hetero) is 1. The fourth-order valence-corrected chi connectivity index (χ4v) is 2.92. The van der Waals surface area contributed by atoms with Crippen LogP contribution in [0.4, 0.5) is 0 Å². The lowest BCUT2D eigenvalue weighted by molar-refractivity contribution is -0.121. The Labute approximate surface area is 142 Å². The van der Waals surface area contributed by atoms with E-state index in [1.807, 2.05) is 50.2 Å². The molecule has 1 nitrogen and oxygen atoms in total. The molecule has 0 aliphatic rings. The number of hydrogen-bond acceptors (Lipinski definition) is 1. The van der Waals surface area contributed by atoms with Gasteiger partial charge in [0.15, 0.2) is 0 Å². The van der Waals surface area contributed by atoms with Crippen LogP contribution in [-0.2, 0) is 23.5 Å². The van der Waals surface area contributed by atoms with Gasteiger partial charge >= 0.3 is 0 Å². The number of carbonyl (C=O) groups excluding carboxylic acids is 1. The lowest BCUT2D eigenvalue weighted by atomic mass is 9.92. The van der Waals surface area contributed by atoms with Gasteiger partial charge in [-0.2, -0.15) is 0 Å². The van der Waals surface area contributed by atoms with Gasteiger partial charge in [-0.1, -0.05) is 61.8 Å². The minimum atomic E-state index is 0.0479. The normalized spacial score (nSPS) is 11.0. The number of benzene rings is 2. The Morgan fingerprint density at radius 3 is 2.27 bits per heavy atom. The zero-order chi connectivity index (χ0) is 16.1. The average Bonchev–Trinajstić information content (AvgIpc) is 2.50. The van der Waals surface area contributed by atoms with Crippen LogP contribution >= 0.6 is 23.2 Å². The van der Waals surface area contributed by atoms with E-state index in [2.05, 4.69) is 6.07 Å². The van der Waals surface area contributed by atoms with Gasteiger partial charge in [0.2, 0.25) is 0 Å². The molecule has 0 N–H and O–H groups in total. The van der Waals surface area contributed by atoms with Crippen molar-refractivity contribution in [2.24, 2.45) is 5.92 Å². The van der Waals surface area contributed by atoms with Crippen molar-refractivity contribution in [1.82, 2.24) is 0 Å². The molecular formula is C19H20Cl2O. The van der Waals surface area contributed by atoms with Crippen molar-refractivity contribution in [1.29, 1.82) is 0 Å². The number of halogens is 2. The molecule has 0 unspecified atom stereocenters. The number of ketones is 1.